The molecule has 1 saturated heterocycles. The second-order valence-electron chi connectivity index (χ2n) is 5.48. The molecule has 1 amide bonds. The molecule has 5 heteroatoms. The SMILES string of the molecule is CC1CN(C(=O)[C@H](N)Cc2ccc(O)cc2)CC(C)O1. The van der Waals surface area contributed by atoms with Gasteiger partial charge in [0.1, 0.15) is 5.75 Å². The van der Waals surface area contributed by atoms with Crippen molar-refractivity contribution in [3.8, 4) is 5.75 Å². The molecular formula is C15H22N2O3. The lowest BCUT2D eigenvalue weighted by Crippen LogP contribution is -2.53. The first-order chi connectivity index (χ1) is 9.45. The van der Waals surface area contributed by atoms with Crippen LogP contribution in [-0.2, 0) is 16.0 Å². The number of hydrogen-bond donors (Lipinski definition) is 2. The van der Waals surface area contributed by atoms with Crippen LogP contribution in [0.15, 0.2) is 24.3 Å². The molecule has 2 rings (SSSR count). The molecular weight excluding hydrogens is 256 g/mol. The summed E-state index contributed by atoms with van der Waals surface area (Å²) in [4.78, 5) is 14.1. The van der Waals surface area contributed by atoms with Gasteiger partial charge in [-0.15, -0.1) is 0 Å². The van der Waals surface area contributed by atoms with E-state index >= 15 is 0 Å². The lowest BCUT2D eigenvalue weighted by atomic mass is 10.0. The topological polar surface area (TPSA) is 75.8 Å². The van der Waals surface area contributed by atoms with Crippen molar-refractivity contribution in [3.63, 3.8) is 0 Å². The van der Waals surface area contributed by atoms with Crippen LogP contribution in [0.3, 0.4) is 0 Å². The standard InChI is InChI=1S/C15H22N2O3/c1-10-8-17(9-11(2)20-10)15(19)14(16)7-12-3-5-13(18)6-4-12/h3-6,10-11,14,18H,7-9,16H2,1-2H3/t10?,11?,14-/m1/s1. The zero-order valence-electron chi connectivity index (χ0n) is 12.0. The Hall–Kier alpha value is -1.59. The minimum absolute atomic E-state index is 0.0416. The number of phenolic OH excluding ortho intramolecular Hbond substituents is 1. The molecule has 110 valence electrons. The van der Waals surface area contributed by atoms with Crippen molar-refractivity contribution >= 4 is 5.91 Å². The van der Waals surface area contributed by atoms with Crippen molar-refractivity contribution in [1.82, 2.24) is 4.90 Å². The maximum absolute atomic E-state index is 12.4. The first-order valence-electron chi connectivity index (χ1n) is 6.93. The second-order valence-corrected chi connectivity index (χ2v) is 5.48. The van der Waals surface area contributed by atoms with Gasteiger partial charge in [-0.2, -0.15) is 0 Å². The second kappa shape index (κ2) is 6.24. The molecule has 0 saturated carbocycles. The number of phenols is 1. The number of aromatic hydroxyl groups is 1. The Morgan fingerprint density at radius 1 is 1.35 bits per heavy atom. The summed E-state index contributed by atoms with van der Waals surface area (Å²) in [6, 6.07) is 6.22. The predicted molar refractivity (Wildman–Crippen MR) is 76.4 cm³/mol. The molecule has 0 aliphatic carbocycles. The van der Waals surface area contributed by atoms with Gasteiger partial charge in [0.2, 0.25) is 5.91 Å². The molecule has 0 aromatic heterocycles. The van der Waals surface area contributed by atoms with Gasteiger partial charge in [0.05, 0.1) is 18.2 Å². The molecule has 5 nitrogen and oxygen atoms in total. The number of carbonyl (C=O) groups is 1. The fourth-order valence-corrected chi connectivity index (χ4v) is 2.57. The van der Waals surface area contributed by atoms with Crippen LogP contribution in [0.25, 0.3) is 0 Å². The minimum atomic E-state index is -0.558. The summed E-state index contributed by atoms with van der Waals surface area (Å²) in [5.41, 5.74) is 6.96. The summed E-state index contributed by atoms with van der Waals surface area (Å²) in [5.74, 6) is 0.171. The molecule has 1 aliphatic rings. The molecule has 3 atom stereocenters. The third-order valence-corrected chi connectivity index (χ3v) is 3.44. The summed E-state index contributed by atoms with van der Waals surface area (Å²) in [7, 11) is 0. The zero-order valence-corrected chi connectivity index (χ0v) is 12.0. The Bertz CT molecular complexity index is 451. The van der Waals surface area contributed by atoms with E-state index in [9.17, 15) is 9.90 Å². The van der Waals surface area contributed by atoms with Gasteiger partial charge in [0.25, 0.3) is 0 Å². The molecule has 3 N–H and O–H groups in total. The number of nitrogens with zero attached hydrogens (tertiary/aromatic N) is 1. The summed E-state index contributed by atoms with van der Waals surface area (Å²) >= 11 is 0. The third-order valence-electron chi connectivity index (χ3n) is 3.44. The van der Waals surface area contributed by atoms with E-state index in [4.69, 9.17) is 10.5 Å². The average molecular weight is 278 g/mol. The average Bonchev–Trinajstić information content (AvgIpc) is 2.39. The molecule has 0 radical (unpaired) electrons. The van der Waals surface area contributed by atoms with Crippen molar-refractivity contribution in [2.24, 2.45) is 5.73 Å². The highest BCUT2D eigenvalue weighted by molar-refractivity contribution is 5.82. The molecule has 1 aliphatic heterocycles. The Morgan fingerprint density at radius 3 is 2.45 bits per heavy atom. The van der Waals surface area contributed by atoms with Crippen LogP contribution in [0.2, 0.25) is 0 Å². The van der Waals surface area contributed by atoms with Gasteiger partial charge in [-0.25, -0.2) is 0 Å². The first kappa shape index (κ1) is 14.8. The quantitative estimate of drug-likeness (QED) is 0.861. The maximum atomic E-state index is 12.4. The molecule has 1 aromatic carbocycles. The fraction of sp³-hybridized carbons (Fsp3) is 0.533. The van der Waals surface area contributed by atoms with Crippen LogP contribution >= 0.6 is 0 Å². The third kappa shape index (κ3) is 3.71. The Morgan fingerprint density at radius 2 is 1.90 bits per heavy atom. The minimum Gasteiger partial charge on any atom is -0.508 e. The van der Waals surface area contributed by atoms with E-state index in [2.05, 4.69) is 0 Å². The van der Waals surface area contributed by atoms with Gasteiger partial charge >= 0.3 is 0 Å². The van der Waals surface area contributed by atoms with Crippen molar-refractivity contribution in [3.05, 3.63) is 29.8 Å². The number of rotatable bonds is 3. The van der Waals surface area contributed by atoms with Crippen molar-refractivity contribution in [1.29, 1.82) is 0 Å². The number of ether oxygens (including phenoxy) is 1. The highest BCUT2D eigenvalue weighted by Gasteiger charge is 2.28. The first-order valence-corrected chi connectivity index (χ1v) is 6.93. The lowest BCUT2D eigenvalue weighted by Gasteiger charge is -2.36. The molecule has 2 unspecified atom stereocenters. The Balaban J connectivity index is 1.96. The normalized spacial score (nSPS) is 24.4. The van der Waals surface area contributed by atoms with E-state index < -0.39 is 6.04 Å². The summed E-state index contributed by atoms with van der Waals surface area (Å²) in [6.45, 7) is 5.10. The number of morpholine rings is 1. The van der Waals surface area contributed by atoms with Crippen molar-refractivity contribution in [2.45, 2.75) is 38.5 Å². The van der Waals surface area contributed by atoms with Crippen molar-refractivity contribution in [2.75, 3.05) is 13.1 Å². The maximum Gasteiger partial charge on any atom is 0.240 e. The number of amides is 1. The van der Waals surface area contributed by atoms with Crippen LogP contribution < -0.4 is 5.73 Å². The zero-order chi connectivity index (χ0) is 14.7. The van der Waals surface area contributed by atoms with Crippen LogP contribution in [-0.4, -0.2) is 47.3 Å². The molecule has 0 bridgehead atoms. The van der Waals surface area contributed by atoms with Crippen LogP contribution in [0.4, 0.5) is 0 Å². The highest BCUT2D eigenvalue weighted by atomic mass is 16.5. The Kier molecular flexibility index (Phi) is 4.62. The monoisotopic (exact) mass is 278 g/mol. The summed E-state index contributed by atoms with van der Waals surface area (Å²) in [6.07, 6.45) is 0.561. The number of benzene rings is 1. The van der Waals surface area contributed by atoms with Crippen molar-refractivity contribution < 1.29 is 14.6 Å². The molecule has 1 aromatic rings. The van der Waals surface area contributed by atoms with E-state index in [0.29, 0.717) is 19.5 Å². The smallest absolute Gasteiger partial charge is 0.240 e. The van der Waals surface area contributed by atoms with E-state index in [1.54, 1.807) is 29.2 Å². The van der Waals surface area contributed by atoms with E-state index in [1.807, 2.05) is 13.8 Å². The van der Waals surface area contributed by atoms with E-state index in [1.165, 1.54) is 0 Å². The molecule has 20 heavy (non-hydrogen) atoms. The van der Waals surface area contributed by atoms with Gasteiger partial charge in [0, 0.05) is 13.1 Å². The van der Waals surface area contributed by atoms with Crippen LogP contribution in [0, 0.1) is 0 Å². The molecule has 1 fully saturated rings. The van der Waals surface area contributed by atoms with Gasteiger partial charge < -0.3 is 20.5 Å². The fourth-order valence-electron chi connectivity index (χ4n) is 2.57. The van der Waals surface area contributed by atoms with E-state index in [0.717, 1.165) is 5.56 Å². The summed E-state index contributed by atoms with van der Waals surface area (Å²) < 4.78 is 5.62. The highest BCUT2D eigenvalue weighted by Crippen LogP contribution is 2.14. The van der Waals surface area contributed by atoms with E-state index in [-0.39, 0.29) is 23.9 Å². The van der Waals surface area contributed by atoms with Gasteiger partial charge in [-0.1, -0.05) is 12.1 Å². The van der Waals surface area contributed by atoms with Crippen LogP contribution in [0.1, 0.15) is 19.4 Å². The lowest BCUT2D eigenvalue weighted by molar-refractivity contribution is -0.144. The Labute approximate surface area is 119 Å². The number of nitrogens with two attached hydrogens (primary N) is 1. The van der Waals surface area contributed by atoms with Gasteiger partial charge in [-0.05, 0) is 38.0 Å². The van der Waals surface area contributed by atoms with Gasteiger partial charge in [0.15, 0.2) is 0 Å². The number of carbonyl (C=O) groups excluding carboxylic acids is 1. The summed E-state index contributed by atoms with van der Waals surface area (Å²) in [5, 5.41) is 9.24. The molecule has 1 heterocycles. The van der Waals surface area contributed by atoms with Crippen LogP contribution in [0.5, 0.6) is 5.75 Å². The predicted octanol–water partition coefficient (Wildman–Crippen LogP) is 0.898. The molecule has 0 spiro atoms. The largest absolute Gasteiger partial charge is 0.508 e. The number of hydrogen-bond acceptors (Lipinski definition) is 4. The van der Waals surface area contributed by atoms with Gasteiger partial charge in [-0.3, -0.25) is 4.79 Å².